The molecule has 1 aliphatic heterocycles. The molecule has 0 N–H and O–H groups in total. The third-order valence-electron chi connectivity index (χ3n) is 3.62. The lowest BCUT2D eigenvalue weighted by molar-refractivity contribution is -0.190. The van der Waals surface area contributed by atoms with E-state index in [1.165, 1.54) is 0 Å². The molecule has 1 amide bonds. The first-order chi connectivity index (χ1) is 7.49. The summed E-state index contributed by atoms with van der Waals surface area (Å²) in [6.07, 6.45) is -0.0713. The molecule has 2 fully saturated rings. The summed E-state index contributed by atoms with van der Waals surface area (Å²) >= 11 is 0. The molecule has 0 spiro atoms. The number of carbonyl (C=O) groups is 1. The first kappa shape index (κ1) is 11.8. The van der Waals surface area contributed by atoms with Gasteiger partial charge in [0.2, 0.25) is 11.8 Å². The summed E-state index contributed by atoms with van der Waals surface area (Å²) in [5.74, 6) is -2.75. The number of halogens is 2. The van der Waals surface area contributed by atoms with Crippen LogP contribution in [0.25, 0.3) is 0 Å². The largest absolute Gasteiger partial charge is 0.378 e. The second-order valence-electron chi connectivity index (χ2n) is 4.75. The SMILES string of the molecule is CCC1(C(=O)N2CCOCC2)CC(F)(F)C1. The minimum Gasteiger partial charge on any atom is -0.378 e. The Hall–Kier alpha value is -0.710. The van der Waals surface area contributed by atoms with E-state index in [4.69, 9.17) is 4.74 Å². The van der Waals surface area contributed by atoms with Gasteiger partial charge in [0.25, 0.3) is 0 Å². The van der Waals surface area contributed by atoms with Crippen molar-refractivity contribution in [2.75, 3.05) is 26.3 Å². The maximum absolute atomic E-state index is 13.0. The van der Waals surface area contributed by atoms with Gasteiger partial charge in [-0.3, -0.25) is 4.79 Å². The Morgan fingerprint density at radius 1 is 1.31 bits per heavy atom. The van der Waals surface area contributed by atoms with Crippen molar-refractivity contribution in [3.05, 3.63) is 0 Å². The molecule has 0 aromatic rings. The van der Waals surface area contributed by atoms with Crippen LogP contribution >= 0.6 is 0 Å². The zero-order valence-electron chi connectivity index (χ0n) is 9.47. The molecule has 0 aromatic carbocycles. The number of alkyl halides is 2. The fourth-order valence-corrected chi connectivity index (χ4v) is 2.59. The van der Waals surface area contributed by atoms with Crippen LogP contribution < -0.4 is 0 Å². The lowest BCUT2D eigenvalue weighted by Gasteiger charge is -2.48. The number of carbonyl (C=O) groups excluding carboxylic acids is 1. The molecule has 0 unspecified atom stereocenters. The Labute approximate surface area is 93.7 Å². The third-order valence-corrected chi connectivity index (χ3v) is 3.62. The van der Waals surface area contributed by atoms with E-state index in [9.17, 15) is 13.6 Å². The maximum atomic E-state index is 13.0. The van der Waals surface area contributed by atoms with E-state index >= 15 is 0 Å². The van der Waals surface area contributed by atoms with Gasteiger partial charge in [0.15, 0.2) is 0 Å². The minimum atomic E-state index is -2.64. The number of nitrogens with zero attached hydrogens (tertiary/aromatic N) is 1. The normalized spacial score (nSPS) is 27.3. The highest BCUT2D eigenvalue weighted by molar-refractivity contribution is 5.84. The van der Waals surface area contributed by atoms with Gasteiger partial charge < -0.3 is 9.64 Å². The highest BCUT2D eigenvalue weighted by Gasteiger charge is 2.60. The first-order valence-corrected chi connectivity index (χ1v) is 5.74. The summed E-state index contributed by atoms with van der Waals surface area (Å²) in [4.78, 5) is 13.8. The summed E-state index contributed by atoms with van der Waals surface area (Å²) < 4.78 is 31.1. The summed E-state index contributed by atoms with van der Waals surface area (Å²) in [6, 6.07) is 0. The van der Waals surface area contributed by atoms with Crippen molar-refractivity contribution < 1.29 is 18.3 Å². The second kappa shape index (κ2) is 3.95. The van der Waals surface area contributed by atoms with Crippen molar-refractivity contribution in [3.8, 4) is 0 Å². The van der Waals surface area contributed by atoms with E-state index in [2.05, 4.69) is 0 Å². The molecule has 0 radical (unpaired) electrons. The number of ether oxygens (including phenoxy) is 1. The topological polar surface area (TPSA) is 29.5 Å². The summed E-state index contributed by atoms with van der Waals surface area (Å²) in [5.41, 5.74) is -0.805. The van der Waals surface area contributed by atoms with Crippen molar-refractivity contribution in [2.24, 2.45) is 5.41 Å². The van der Waals surface area contributed by atoms with E-state index in [-0.39, 0.29) is 18.7 Å². The van der Waals surface area contributed by atoms with Crippen LogP contribution in [0.3, 0.4) is 0 Å². The van der Waals surface area contributed by atoms with E-state index in [1.54, 1.807) is 4.90 Å². The number of rotatable bonds is 2. The average molecular weight is 233 g/mol. The summed E-state index contributed by atoms with van der Waals surface area (Å²) in [5, 5.41) is 0. The fourth-order valence-electron chi connectivity index (χ4n) is 2.59. The van der Waals surface area contributed by atoms with Gasteiger partial charge >= 0.3 is 0 Å². The van der Waals surface area contributed by atoms with Crippen molar-refractivity contribution in [1.29, 1.82) is 0 Å². The van der Waals surface area contributed by atoms with Crippen LogP contribution in [0.5, 0.6) is 0 Å². The molecule has 2 aliphatic rings. The van der Waals surface area contributed by atoms with Crippen molar-refractivity contribution >= 4 is 5.91 Å². The second-order valence-corrected chi connectivity index (χ2v) is 4.75. The van der Waals surface area contributed by atoms with Crippen LogP contribution in [0.1, 0.15) is 26.2 Å². The van der Waals surface area contributed by atoms with E-state index in [0.29, 0.717) is 32.7 Å². The first-order valence-electron chi connectivity index (χ1n) is 5.74. The summed E-state index contributed by atoms with van der Waals surface area (Å²) in [7, 11) is 0. The molecule has 92 valence electrons. The zero-order chi connectivity index (χ0) is 11.8. The third kappa shape index (κ3) is 1.93. The molecule has 1 saturated heterocycles. The van der Waals surface area contributed by atoms with Crippen LogP contribution in [0, 0.1) is 5.41 Å². The van der Waals surface area contributed by atoms with E-state index in [0.717, 1.165) is 0 Å². The number of amides is 1. The maximum Gasteiger partial charge on any atom is 0.250 e. The lowest BCUT2D eigenvalue weighted by Crippen LogP contribution is -2.57. The molecule has 0 bridgehead atoms. The van der Waals surface area contributed by atoms with Crippen LogP contribution in [0.2, 0.25) is 0 Å². The molecule has 0 aromatic heterocycles. The highest BCUT2D eigenvalue weighted by Crippen LogP contribution is 2.54. The Kier molecular flexibility index (Phi) is 2.90. The van der Waals surface area contributed by atoms with Gasteiger partial charge in [0, 0.05) is 25.9 Å². The number of hydrogen-bond donors (Lipinski definition) is 0. The molecule has 3 nitrogen and oxygen atoms in total. The van der Waals surface area contributed by atoms with Gasteiger partial charge in [-0.25, -0.2) is 8.78 Å². The Balaban J connectivity index is 2.02. The van der Waals surface area contributed by atoms with Crippen molar-refractivity contribution in [1.82, 2.24) is 4.90 Å². The number of hydrogen-bond acceptors (Lipinski definition) is 2. The van der Waals surface area contributed by atoms with Gasteiger partial charge in [-0.05, 0) is 6.42 Å². The van der Waals surface area contributed by atoms with Crippen molar-refractivity contribution in [2.45, 2.75) is 32.1 Å². The summed E-state index contributed by atoms with van der Waals surface area (Å²) in [6.45, 7) is 3.91. The van der Waals surface area contributed by atoms with Crippen molar-refractivity contribution in [3.63, 3.8) is 0 Å². The fraction of sp³-hybridized carbons (Fsp3) is 0.909. The Morgan fingerprint density at radius 3 is 2.31 bits per heavy atom. The van der Waals surface area contributed by atoms with Gasteiger partial charge in [-0.2, -0.15) is 0 Å². The Morgan fingerprint density at radius 2 is 1.88 bits per heavy atom. The predicted molar refractivity (Wildman–Crippen MR) is 54.3 cm³/mol. The standard InChI is InChI=1S/C11H17F2NO2/c1-2-10(7-11(12,13)8-10)9(15)14-3-5-16-6-4-14/h2-8H2,1H3. The van der Waals surface area contributed by atoms with Crippen LogP contribution in [0.4, 0.5) is 8.78 Å². The quantitative estimate of drug-likeness (QED) is 0.726. The average Bonchev–Trinajstić information content (AvgIpc) is 2.25. The van der Waals surface area contributed by atoms with E-state index in [1.807, 2.05) is 6.92 Å². The highest BCUT2D eigenvalue weighted by atomic mass is 19.3. The predicted octanol–water partition coefficient (Wildman–Crippen LogP) is 1.67. The molecule has 0 atom stereocenters. The van der Waals surface area contributed by atoms with E-state index < -0.39 is 11.3 Å². The van der Waals surface area contributed by atoms with Crippen LogP contribution in [-0.2, 0) is 9.53 Å². The van der Waals surface area contributed by atoms with Gasteiger partial charge in [0.1, 0.15) is 0 Å². The molecular formula is C11H17F2NO2. The lowest BCUT2D eigenvalue weighted by atomic mass is 9.63. The molecule has 5 heteroatoms. The van der Waals surface area contributed by atoms with Crippen LogP contribution in [0.15, 0.2) is 0 Å². The molecule has 1 heterocycles. The molecule has 1 saturated carbocycles. The molecule has 16 heavy (non-hydrogen) atoms. The minimum absolute atomic E-state index is 0.107. The Bertz CT molecular complexity index is 280. The van der Waals surface area contributed by atoms with Gasteiger partial charge in [-0.15, -0.1) is 0 Å². The van der Waals surface area contributed by atoms with Crippen LogP contribution in [-0.4, -0.2) is 43.0 Å². The van der Waals surface area contributed by atoms with Gasteiger partial charge in [0.05, 0.1) is 18.6 Å². The molecule has 2 rings (SSSR count). The smallest absolute Gasteiger partial charge is 0.250 e. The van der Waals surface area contributed by atoms with Gasteiger partial charge in [-0.1, -0.05) is 6.92 Å². The molecular weight excluding hydrogens is 216 g/mol. The zero-order valence-corrected chi connectivity index (χ0v) is 9.47. The monoisotopic (exact) mass is 233 g/mol. The number of morpholine rings is 1. The molecule has 1 aliphatic carbocycles.